The van der Waals surface area contributed by atoms with Crippen LogP contribution < -0.4 is 19.7 Å². The number of methoxy groups -OCH3 is 1. The highest BCUT2D eigenvalue weighted by Gasteiger charge is 2.37. The van der Waals surface area contributed by atoms with Gasteiger partial charge in [0.1, 0.15) is 12.2 Å². The highest BCUT2D eigenvalue weighted by Crippen LogP contribution is 2.36. The number of anilines is 1. The Morgan fingerprint density at radius 2 is 1.65 bits per heavy atom. The normalized spacial score (nSPS) is 14.6. The first-order valence-corrected chi connectivity index (χ1v) is 13.7. The topological polar surface area (TPSA) is 84.9 Å². The third-order valence-corrected chi connectivity index (χ3v) is 7.85. The van der Waals surface area contributed by atoms with Crippen LogP contribution in [0, 0.1) is 24.3 Å². The number of carbonyl (C=O) groups excluding carboxylic acids is 3. The van der Waals surface area contributed by atoms with Crippen molar-refractivity contribution in [2.75, 3.05) is 12.0 Å². The van der Waals surface area contributed by atoms with E-state index in [0.29, 0.717) is 29.4 Å². The van der Waals surface area contributed by atoms with Crippen molar-refractivity contribution >= 4 is 63.0 Å². The Balaban J connectivity index is 1.46. The van der Waals surface area contributed by atoms with Crippen LogP contribution >= 0.6 is 22.6 Å². The number of rotatable bonds is 6. The first-order valence-electron chi connectivity index (χ1n) is 12.6. The van der Waals surface area contributed by atoms with Crippen LogP contribution in [0.15, 0.2) is 72.3 Å². The van der Waals surface area contributed by atoms with E-state index < -0.39 is 17.8 Å². The fourth-order valence-electron chi connectivity index (χ4n) is 4.67. The minimum atomic E-state index is -0.782. The molecule has 1 aliphatic rings. The first-order chi connectivity index (χ1) is 19.2. The fourth-order valence-corrected chi connectivity index (χ4v) is 5.45. The summed E-state index contributed by atoms with van der Waals surface area (Å²) in [6.07, 6.45) is 1.46. The molecule has 1 aliphatic heterocycles. The lowest BCUT2D eigenvalue weighted by atomic mass is 10.0. The molecule has 1 saturated heterocycles. The molecule has 0 spiro atoms. The highest BCUT2D eigenvalue weighted by atomic mass is 127. The van der Waals surface area contributed by atoms with Gasteiger partial charge in [-0.25, -0.2) is 9.69 Å². The second-order valence-electron chi connectivity index (χ2n) is 9.63. The molecule has 0 bridgehead atoms. The van der Waals surface area contributed by atoms with Crippen LogP contribution in [0.25, 0.3) is 16.8 Å². The molecule has 4 aromatic rings. The molecule has 5 rings (SSSR count). The van der Waals surface area contributed by atoms with Crippen molar-refractivity contribution in [1.82, 2.24) is 5.32 Å². The third kappa shape index (κ3) is 5.19. The van der Waals surface area contributed by atoms with Gasteiger partial charge in [-0.15, -0.1) is 0 Å². The van der Waals surface area contributed by atoms with E-state index in [0.717, 1.165) is 41.5 Å². The standard InChI is InChI=1S/C32H27IN2O5/c1-18-10-12-23(13-20(18)3)35-31(37)25(30(36)34-32(35)38)14-21-15-27(33)29(28(16-21)39-4)40-17-26-19(2)9-11-22-7-5-6-8-24(22)26/h5-16H,17H2,1-4H3,(H,34,36,38)/b25-14+. The number of urea groups is 1. The van der Waals surface area contributed by atoms with Gasteiger partial charge in [-0.1, -0.05) is 42.5 Å². The maximum atomic E-state index is 13.4. The summed E-state index contributed by atoms with van der Waals surface area (Å²) in [5.74, 6) is -0.431. The quantitative estimate of drug-likeness (QED) is 0.145. The molecule has 0 atom stereocenters. The van der Waals surface area contributed by atoms with E-state index >= 15 is 0 Å². The lowest BCUT2D eigenvalue weighted by Gasteiger charge is -2.27. The average molecular weight is 646 g/mol. The molecule has 7 nitrogen and oxygen atoms in total. The molecular formula is C32H27IN2O5. The van der Waals surface area contributed by atoms with Crippen LogP contribution in [0.1, 0.15) is 27.8 Å². The molecule has 202 valence electrons. The van der Waals surface area contributed by atoms with Gasteiger partial charge >= 0.3 is 6.03 Å². The van der Waals surface area contributed by atoms with Gasteiger partial charge in [0.15, 0.2) is 11.5 Å². The van der Waals surface area contributed by atoms with Crippen molar-refractivity contribution in [3.8, 4) is 11.5 Å². The van der Waals surface area contributed by atoms with Crippen molar-refractivity contribution in [1.29, 1.82) is 0 Å². The van der Waals surface area contributed by atoms with Gasteiger partial charge in [-0.3, -0.25) is 14.9 Å². The number of barbiturate groups is 1. The SMILES string of the molecule is COc1cc(/C=C2\C(=O)NC(=O)N(c3ccc(C)c(C)c3)C2=O)cc(I)c1OCc1c(C)ccc2ccccc12. The lowest BCUT2D eigenvalue weighted by Crippen LogP contribution is -2.54. The van der Waals surface area contributed by atoms with E-state index in [1.54, 1.807) is 24.3 Å². The zero-order chi connectivity index (χ0) is 28.6. The number of nitrogens with one attached hydrogen (secondary N) is 1. The van der Waals surface area contributed by atoms with Gasteiger partial charge < -0.3 is 9.47 Å². The second-order valence-corrected chi connectivity index (χ2v) is 10.8. The number of hydrogen-bond acceptors (Lipinski definition) is 5. The van der Waals surface area contributed by atoms with Crippen molar-refractivity contribution < 1.29 is 23.9 Å². The third-order valence-electron chi connectivity index (χ3n) is 7.05. The molecule has 0 saturated carbocycles. The number of amides is 4. The maximum absolute atomic E-state index is 13.4. The number of benzene rings is 4. The Bertz CT molecular complexity index is 1730. The second kappa shape index (κ2) is 11.1. The molecule has 0 unspecified atom stereocenters. The summed E-state index contributed by atoms with van der Waals surface area (Å²) in [5.41, 5.74) is 4.96. The van der Waals surface area contributed by atoms with Gasteiger partial charge in [-0.05, 0) is 107 Å². The molecule has 0 aromatic heterocycles. The molecule has 40 heavy (non-hydrogen) atoms. The van der Waals surface area contributed by atoms with E-state index in [1.807, 2.05) is 32.0 Å². The van der Waals surface area contributed by atoms with E-state index in [2.05, 4.69) is 59.1 Å². The van der Waals surface area contributed by atoms with Crippen LogP contribution in [-0.2, 0) is 16.2 Å². The summed E-state index contributed by atoms with van der Waals surface area (Å²) in [4.78, 5) is 39.7. The predicted molar refractivity (Wildman–Crippen MR) is 164 cm³/mol. The molecule has 1 fully saturated rings. The van der Waals surface area contributed by atoms with Crippen molar-refractivity contribution in [3.05, 3.63) is 104 Å². The minimum Gasteiger partial charge on any atom is -0.493 e. The van der Waals surface area contributed by atoms with Crippen LogP contribution in [0.4, 0.5) is 10.5 Å². The number of ether oxygens (including phenoxy) is 2. The van der Waals surface area contributed by atoms with Gasteiger partial charge in [0.05, 0.1) is 16.4 Å². The largest absolute Gasteiger partial charge is 0.493 e. The molecule has 4 aromatic carbocycles. The maximum Gasteiger partial charge on any atom is 0.335 e. The average Bonchev–Trinajstić information content (AvgIpc) is 2.92. The highest BCUT2D eigenvalue weighted by molar-refractivity contribution is 14.1. The van der Waals surface area contributed by atoms with Crippen LogP contribution in [0.5, 0.6) is 11.5 Å². The molecular weight excluding hydrogens is 619 g/mol. The number of aryl methyl sites for hydroxylation is 3. The Morgan fingerprint density at radius 1 is 0.900 bits per heavy atom. The summed E-state index contributed by atoms with van der Waals surface area (Å²) in [6, 6.07) is 20.3. The van der Waals surface area contributed by atoms with Gasteiger partial charge in [0, 0.05) is 5.56 Å². The van der Waals surface area contributed by atoms with Gasteiger partial charge in [-0.2, -0.15) is 0 Å². The Hall–Kier alpha value is -4.18. The number of hydrogen-bond donors (Lipinski definition) is 1. The van der Waals surface area contributed by atoms with Crippen LogP contribution in [0.3, 0.4) is 0 Å². The summed E-state index contributed by atoms with van der Waals surface area (Å²) >= 11 is 2.15. The number of fused-ring (bicyclic) bond motifs is 1. The molecule has 0 aliphatic carbocycles. The Morgan fingerprint density at radius 3 is 2.40 bits per heavy atom. The minimum absolute atomic E-state index is 0.157. The lowest BCUT2D eigenvalue weighted by molar-refractivity contribution is -0.122. The van der Waals surface area contributed by atoms with Crippen molar-refractivity contribution in [3.63, 3.8) is 0 Å². The van der Waals surface area contributed by atoms with Crippen LogP contribution in [-0.4, -0.2) is 25.0 Å². The van der Waals surface area contributed by atoms with Crippen LogP contribution in [0.2, 0.25) is 0 Å². The number of nitrogens with zero attached hydrogens (tertiary/aromatic N) is 1. The summed E-state index contributed by atoms with van der Waals surface area (Å²) in [7, 11) is 1.54. The van der Waals surface area contributed by atoms with Crippen molar-refractivity contribution in [2.45, 2.75) is 27.4 Å². The van der Waals surface area contributed by atoms with E-state index in [1.165, 1.54) is 13.2 Å². The molecule has 1 N–H and O–H groups in total. The number of carbonyl (C=O) groups is 3. The smallest absolute Gasteiger partial charge is 0.335 e. The fraction of sp³-hybridized carbons (Fsp3) is 0.156. The Kier molecular flexibility index (Phi) is 7.62. The summed E-state index contributed by atoms with van der Waals surface area (Å²) in [6.45, 7) is 6.23. The summed E-state index contributed by atoms with van der Waals surface area (Å²) in [5, 5.41) is 4.54. The van der Waals surface area contributed by atoms with E-state index in [4.69, 9.17) is 9.47 Å². The zero-order valence-electron chi connectivity index (χ0n) is 22.5. The number of halogens is 1. The zero-order valence-corrected chi connectivity index (χ0v) is 24.7. The summed E-state index contributed by atoms with van der Waals surface area (Å²) < 4.78 is 12.7. The molecule has 4 amide bonds. The molecule has 1 heterocycles. The Labute approximate surface area is 245 Å². The molecule has 8 heteroatoms. The molecule has 0 radical (unpaired) electrons. The van der Waals surface area contributed by atoms with E-state index in [9.17, 15) is 14.4 Å². The predicted octanol–water partition coefficient (Wildman–Crippen LogP) is 6.62. The van der Waals surface area contributed by atoms with E-state index in [-0.39, 0.29) is 5.57 Å². The monoisotopic (exact) mass is 646 g/mol. The van der Waals surface area contributed by atoms with Crippen molar-refractivity contribution in [2.24, 2.45) is 0 Å². The van der Waals surface area contributed by atoms with Gasteiger partial charge in [0.25, 0.3) is 11.8 Å². The first kappa shape index (κ1) is 27.4. The van der Waals surface area contributed by atoms with Gasteiger partial charge in [0.2, 0.25) is 0 Å². The number of imide groups is 2.